The Bertz CT molecular complexity index is 688. The summed E-state index contributed by atoms with van der Waals surface area (Å²) in [6.07, 6.45) is 1.24. The van der Waals surface area contributed by atoms with Gasteiger partial charge in [0.2, 0.25) is 0 Å². The highest BCUT2D eigenvalue weighted by Crippen LogP contribution is 2.47. The van der Waals surface area contributed by atoms with Gasteiger partial charge in [0, 0.05) is 13.2 Å². The second-order valence-corrected chi connectivity index (χ2v) is 8.52. The summed E-state index contributed by atoms with van der Waals surface area (Å²) in [7, 11) is -0.156. The molecule has 2 aromatic carbocycles. The third kappa shape index (κ3) is 3.44. The lowest BCUT2D eigenvalue weighted by Gasteiger charge is -2.22. The first kappa shape index (κ1) is 16.9. The van der Waals surface area contributed by atoms with Gasteiger partial charge in [-0.3, -0.25) is 0 Å². The first-order valence-electron chi connectivity index (χ1n) is 7.74. The van der Waals surface area contributed by atoms with Crippen molar-refractivity contribution in [1.82, 2.24) is 0 Å². The molecule has 3 N–H and O–H groups in total. The van der Waals surface area contributed by atoms with Gasteiger partial charge in [0.05, 0.1) is 27.3 Å². The number of benzene rings is 2. The molecule has 0 amide bonds. The van der Waals surface area contributed by atoms with E-state index in [2.05, 4.69) is 24.3 Å². The molecule has 0 saturated heterocycles. The summed E-state index contributed by atoms with van der Waals surface area (Å²) in [6.45, 7) is 0.390. The lowest BCUT2D eigenvalue weighted by atomic mass is 10.1. The molecule has 5 heteroatoms. The Morgan fingerprint density at radius 3 is 2.39 bits per heavy atom. The fourth-order valence-corrected chi connectivity index (χ4v) is 6.78. The van der Waals surface area contributed by atoms with Crippen molar-refractivity contribution in [1.29, 1.82) is 0 Å². The van der Waals surface area contributed by atoms with Crippen LogP contribution in [0.25, 0.3) is 0 Å². The maximum absolute atomic E-state index is 9.54. The SMILES string of the molecule is OCCc1cc(CCO)c2c(c1)[S+](CCO)c1ccccc1S2. The minimum Gasteiger partial charge on any atom is -0.396 e. The van der Waals surface area contributed by atoms with E-state index in [-0.39, 0.29) is 30.7 Å². The summed E-state index contributed by atoms with van der Waals surface area (Å²) in [5.41, 5.74) is 2.24. The molecule has 1 aliphatic heterocycles. The Morgan fingerprint density at radius 1 is 0.870 bits per heavy atom. The smallest absolute Gasteiger partial charge is 0.175 e. The summed E-state index contributed by atoms with van der Waals surface area (Å²) in [5, 5.41) is 28.2. The van der Waals surface area contributed by atoms with Crippen LogP contribution in [-0.2, 0) is 23.7 Å². The van der Waals surface area contributed by atoms with Gasteiger partial charge in [0.15, 0.2) is 9.79 Å². The van der Waals surface area contributed by atoms with Crippen LogP contribution in [0.4, 0.5) is 0 Å². The predicted octanol–water partition coefficient (Wildman–Crippen LogP) is 2.25. The fraction of sp³-hybridized carbons (Fsp3) is 0.333. The summed E-state index contributed by atoms with van der Waals surface area (Å²) in [6, 6.07) is 12.6. The van der Waals surface area contributed by atoms with Gasteiger partial charge in [-0.2, -0.15) is 0 Å². The van der Waals surface area contributed by atoms with Crippen molar-refractivity contribution >= 4 is 22.7 Å². The molecule has 1 atom stereocenters. The van der Waals surface area contributed by atoms with E-state index < -0.39 is 0 Å². The van der Waals surface area contributed by atoms with Gasteiger partial charge in [-0.1, -0.05) is 30.0 Å². The molecule has 23 heavy (non-hydrogen) atoms. The highest BCUT2D eigenvalue weighted by molar-refractivity contribution is 8.04. The zero-order valence-corrected chi connectivity index (χ0v) is 14.5. The summed E-state index contributed by atoms with van der Waals surface area (Å²) >= 11 is 1.76. The molecule has 0 saturated carbocycles. The zero-order valence-electron chi connectivity index (χ0n) is 12.9. The van der Waals surface area contributed by atoms with Crippen molar-refractivity contribution in [2.24, 2.45) is 0 Å². The third-order valence-corrected chi connectivity index (χ3v) is 7.71. The van der Waals surface area contributed by atoms with Crippen LogP contribution in [0, 0.1) is 0 Å². The lowest BCUT2D eigenvalue weighted by Crippen LogP contribution is -2.18. The molecule has 1 aliphatic rings. The van der Waals surface area contributed by atoms with Gasteiger partial charge >= 0.3 is 0 Å². The molecular weight excluding hydrogens is 328 g/mol. The molecule has 0 radical (unpaired) electrons. The molecule has 2 aromatic rings. The molecular formula is C18H21O3S2+. The number of aliphatic hydroxyl groups is 3. The van der Waals surface area contributed by atoms with Gasteiger partial charge in [-0.05, 0) is 42.2 Å². The monoisotopic (exact) mass is 349 g/mol. The van der Waals surface area contributed by atoms with E-state index in [9.17, 15) is 15.3 Å². The number of hydrogen-bond donors (Lipinski definition) is 3. The van der Waals surface area contributed by atoms with Crippen molar-refractivity contribution < 1.29 is 15.3 Å². The van der Waals surface area contributed by atoms with Gasteiger partial charge < -0.3 is 15.3 Å². The molecule has 3 nitrogen and oxygen atoms in total. The average molecular weight is 349 g/mol. The quantitative estimate of drug-likeness (QED) is 0.700. The molecule has 122 valence electrons. The topological polar surface area (TPSA) is 60.7 Å². The van der Waals surface area contributed by atoms with Crippen molar-refractivity contribution in [2.75, 3.05) is 25.6 Å². The molecule has 0 bridgehead atoms. The predicted molar refractivity (Wildman–Crippen MR) is 94.4 cm³/mol. The molecule has 0 aliphatic carbocycles. The van der Waals surface area contributed by atoms with Gasteiger partial charge in [-0.15, -0.1) is 0 Å². The maximum atomic E-state index is 9.54. The van der Waals surface area contributed by atoms with E-state index in [1.165, 1.54) is 19.6 Å². The maximum Gasteiger partial charge on any atom is 0.175 e. The van der Waals surface area contributed by atoms with Crippen molar-refractivity contribution in [3.05, 3.63) is 47.5 Å². The Kier molecular flexibility index (Phi) is 5.67. The molecule has 3 rings (SSSR count). The first-order chi connectivity index (χ1) is 11.3. The zero-order chi connectivity index (χ0) is 16.2. The van der Waals surface area contributed by atoms with E-state index in [1.807, 2.05) is 12.1 Å². The van der Waals surface area contributed by atoms with Crippen LogP contribution in [0.5, 0.6) is 0 Å². The highest BCUT2D eigenvalue weighted by Gasteiger charge is 2.36. The van der Waals surface area contributed by atoms with E-state index in [4.69, 9.17) is 0 Å². The molecule has 0 aromatic heterocycles. The average Bonchev–Trinajstić information content (AvgIpc) is 2.56. The number of aliphatic hydroxyl groups excluding tert-OH is 3. The van der Waals surface area contributed by atoms with Crippen LogP contribution in [0.15, 0.2) is 56.0 Å². The Labute approximate surface area is 143 Å². The van der Waals surface area contributed by atoms with Crippen molar-refractivity contribution in [3.63, 3.8) is 0 Å². The van der Waals surface area contributed by atoms with Gasteiger partial charge in [0.25, 0.3) is 0 Å². The van der Waals surface area contributed by atoms with Crippen LogP contribution >= 0.6 is 11.8 Å². The number of fused-ring (bicyclic) bond motifs is 2. The number of rotatable bonds is 6. The van der Waals surface area contributed by atoms with Crippen molar-refractivity contribution in [2.45, 2.75) is 32.4 Å². The Balaban J connectivity index is 2.14. The minimum absolute atomic E-state index is 0.116. The summed E-state index contributed by atoms with van der Waals surface area (Å²) < 4.78 is 0. The molecule has 0 fully saturated rings. The van der Waals surface area contributed by atoms with Crippen LogP contribution < -0.4 is 0 Å². The van der Waals surface area contributed by atoms with Crippen LogP contribution in [-0.4, -0.2) is 40.9 Å². The largest absolute Gasteiger partial charge is 0.396 e. The first-order valence-corrected chi connectivity index (χ1v) is 9.95. The van der Waals surface area contributed by atoms with E-state index in [0.717, 1.165) is 11.1 Å². The second-order valence-electron chi connectivity index (χ2n) is 5.40. The second kappa shape index (κ2) is 7.73. The van der Waals surface area contributed by atoms with Crippen LogP contribution in [0.2, 0.25) is 0 Å². The minimum atomic E-state index is -0.156. The molecule has 1 heterocycles. The van der Waals surface area contributed by atoms with E-state index in [1.54, 1.807) is 11.8 Å². The third-order valence-electron chi connectivity index (χ3n) is 3.86. The van der Waals surface area contributed by atoms with Crippen LogP contribution in [0.3, 0.4) is 0 Å². The summed E-state index contributed by atoms with van der Waals surface area (Å²) in [5.74, 6) is 0.714. The normalized spacial score (nSPS) is 16.0. The number of hydrogen-bond acceptors (Lipinski definition) is 4. The summed E-state index contributed by atoms with van der Waals surface area (Å²) in [4.78, 5) is 4.99. The standard InChI is InChI=1S/C18H21O3S2/c19-7-5-13-11-14(6-8-20)18-17(12-13)23(10-9-21)16-4-2-1-3-15(16)22-18/h1-4,11-12,19-21H,5-10H2/q+1. The fourth-order valence-electron chi connectivity index (χ4n) is 2.88. The van der Waals surface area contributed by atoms with E-state index >= 15 is 0 Å². The molecule has 0 spiro atoms. The van der Waals surface area contributed by atoms with Crippen LogP contribution in [0.1, 0.15) is 11.1 Å². The van der Waals surface area contributed by atoms with Gasteiger partial charge in [0.1, 0.15) is 5.75 Å². The van der Waals surface area contributed by atoms with Crippen molar-refractivity contribution in [3.8, 4) is 0 Å². The molecule has 1 unspecified atom stereocenters. The highest BCUT2D eigenvalue weighted by atomic mass is 32.2. The Hall–Kier alpha value is -0.980. The van der Waals surface area contributed by atoms with E-state index in [0.29, 0.717) is 18.6 Å². The Morgan fingerprint density at radius 2 is 1.65 bits per heavy atom. The lowest BCUT2D eigenvalue weighted by molar-refractivity contribution is 0.297. The van der Waals surface area contributed by atoms with Gasteiger partial charge in [-0.25, -0.2) is 0 Å².